The Morgan fingerprint density at radius 3 is 0.772 bits per heavy atom. The lowest BCUT2D eigenvalue weighted by atomic mass is 9.99. The fraction of sp³-hybridized carbons (Fsp3) is 0.945. The second-order valence-electron chi connectivity index (χ2n) is 27.8. The van der Waals surface area contributed by atoms with Crippen LogP contribution in [-0.4, -0.2) is 96.7 Å². The highest BCUT2D eigenvalue weighted by atomic mass is 31.2. The molecule has 0 fully saturated rings. The molecule has 0 aliphatic rings. The van der Waals surface area contributed by atoms with Crippen LogP contribution >= 0.6 is 15.6 Å². The van der Waals surface area contributed by atoms with Crippen LogP contribution in [0.5, 0.6) is 0 Å². The van der Waals surface area contributed by atoms with Gasteiger partial charge in [-0.3, -0.25) is 37.3 Å². The van der Waals surface area contributed by atoms with E-state index < -0.39 is 97.5 Å². The average molecular weight is 1350 g/mol. The third-order valence-corrected chi connectivity index (χ3v) is 19.4. The van der Waals surface area contributed by atoms with E-state index in [0.29, 0.717) is 37.5 Å². The number of carbonyl (C=O) groups is 4. The molecule has 0 bridgehead atoms. The molecular weight excluding hydrogens is 1210 g/mol. The van der Waals surface area contributed by atoms with Gasteiger partial charge in [0.25, 0.3) is 0 Å². The van der Waals surface area contributed by atoms with Crippen molar-refractivity contribution >= 4 is 39.5 Å². The fourth-order valence-corrected chi connectivity index (χ4v) is 12.5. The van der Waals surface area contributed by atoms with Crippen molar-refractivity contribution in [2.75, 3.05) is 39.6 Å². The molecule has 0 aromatic heterocycles. The normalized spacial score (nSPS) is 14.8. The van der Waals surface area contributed by atoms with Crippen molar-refractivity contribution in [3.63, 3.8) is 0 Å². The van der Waals surface area contributed by atoms with Crippen molar-refractivity contribution in [1.82, 2.24) is 0 Å². The molecule has 17 nitrogen and oxygen atoms in total. The number of hydrogen-bond donors (Lipinski definition) is 3. The van der Waals surface area contributed by atoms with E-state index in [2.05, 4.69) is 55.4 Å². The highest BCUT2D eigenvalue weighted by molar-refractivity contribution is 7.47. The first kappa shape index (κ1) is 90.1. The summed E-state index contributed by atoms with van der Waals surface area (Å²) in [5.74, 6) is 0.857. The Balaban J connectivity index is 5.12. The number of phosphoric acid groups is 2. The Morgan fingerprint density at radius 1 is 0.304 bits per heavy atom. The highest BCUT2D eigenvalue weighted by Crippen LogP contribution is 2.45. The van der Waals surface area contributed by atoms with Crippen molar-refractivity contribution in [1.29, 1.82) is 0 Å². The summed E-state index contributed by atoms with van der Waals surface area (Å²) in [6.07, 6.45) is 46.3. The molecule has 546 valence electrons. The number of hydrogen-bond acceptors (Lipinski definition) is 15. The number of ether oxygens (including phenoxy) is 4. The second kappa shape index (κ2) is 62.6. The summed E-state index contributed by atoms with van der Waals surface area (Å²) in [4.78, 5) is 72.5. The highest BCUT2D eigenvalue weighted by Gasteiger charge is 2.30. The molecule has 19 heteroatoms. The topological polar surface area (TPSA) is 237 Å². The predicted molar refractivity (Wildman–Crippen MR) is 372 cm³/mol. The first-order valence-corrected chi connectivity index (χ1v) is 40.8. The summed E-state index contributed by atoms with van der Waals surface area (Å²) in [5.41, 5.74) is 0. The van der Waals surface area contributed by atoms with Gasteiger partial charge in [0.05, 0.1) is 26.4 Å². The van der Waals surface area contributed by atoms with Crippen LogP contribution in [0.4, 0.5) is 0 Å². The lowest BCUT2D eigenvalue weighted by Gasteiger charge is -2.21. The van der Waals surface area contributed by atoms with Crippen LogP contribution in [0, 0.1) is 23.7 Å². The average Bonchev–Trinajstić information content (AvgIpc) is 3.71. The first-order chi connectivity index (χ1) is 44.2. The second-order valence-corrected chi connectivity index (χ2v) is 30.7. The summed E-state index contributed by atoms with van der Waals surface area (Å²) in [6.45, 7) is 14.1. The van der Waals surface area contributed by atoms with Gasteiger partial charge >= 0.3 is 39.5 Å². The molecule has 7 atom stereocenters. The van der Waals surface area contributed by atoms with Crippen LogP contribution < -0.4 is 0 Å². The van der Waals surface area contributed by atoms with Crippen molar-refractivity contribution in [2.24, 2.45) is 23.7 Å². The molecule has 0 radical (unpaired) electrons. The summed E-state index contributed by atoms with van der Waals surface area (Å²) in [5, 5.41) is 10.6. The van der Waals surface area contributed by atoms with Crippen LogP contribution in [-0.2, 0) is 65.4 Å². The molecule has 0 rings (SSSR count). The monoisotopic (exact) mass is 1350 g/mol. The van der Waals surface area contributed by atoms with Crippen LogP contribution in [0.15, 0.2) is 0 Å². The maximum absolute atomic E-state index is 13.0. The van der Waals surface area contributed by atoms with Gasteiger partial charge in [-0.2, -0.15) is 0 Å². The van der Waals surface area contributed by atoms with Crippen LogP contribution in [0.25, 0.3) is 0 Å². The van der Waals surface area contributed by atoms with Crippen LogP contribution in [0.2, 0.25) is 0 Å². The zero-order valence-electron chi connectivity index (χ0n) is 60.2. The Kier molecular flexibility index (Phi) is 61.3. The first-order valence-electron chi connectivity index (χ1n) is 37.8. The summed E-state index contributed by atoms with van der Waals surface area (Å²) >= 11 is 0. The van der Waals surface area contributed by atoms with Crippen LogP contribution in [0.3, 0.4) is 0 Å². The standard InChI is InChI=1S/C73H142O17P2/c1-9-65(7)51-43-35-25-21-19-17-15-13-11-12-14-16-18-20-22-27-37-45-53-70(75)83-59-68(89-72(77)55-47-39-28-24-23-26-36-44-52-66(8)10-2)61-87-91(79,80)85-57-67(74)58-86-92(81,82)88-62-69(90-73(78)56-48-40-32-30-34-42-50-64(5)6)60-84-71(76)54-46-38-31-29-33-41-49-63(3)4/h63-69,74H,9-62H2,1-8H3,(H,79,80)(H,81,82)/t65?,66?,67-,68-,69-/m1/s1. The van der Waals surface area contributed by atoms with Crippen molar-refractivity contribution in [3.8, 4) is 0 Å². The van der Waals surface area contributed by atoms with E-state index in [4.69, 9.17) is 37.0 Å². The minimum Gasteiger partial charge on any atom is -0.462 e. The number of unbranched alkanes of at least 4 members (excludes halogenated alkanes) is 34. The van der Waals surface area contributed by atoms with Gasteiger partial charge in [-0.15, -0.1) is 0 Å². The van der Waals surface area contributed by atoms with Gasteiger partial charge in [-0.25, -0.2) is 9.13 Å². The van der Waals surface area contributed by atoms with E-state index >= 15 is 0 Å². The smallest absolute Gasteiger partial charge is 0.462 e. The van der Waals surface area contributed by atoms with E-state index in [-0.39, 0.29) is 25.7 Å². The lowest BCUT2D eigenvalue weighted by molar-refractivity contribution is -0.161. The number of aliphatic hydroxyl groups is 1. The summed E-state index contributed by atoms with van der Waals surface area (Å²) in [7, 11) is -9.90. The number of esters is 4. The molecule has 0 aliphatic carbocycles. The molecule has 0 aliphatic heterocycles. The molecule has 4 unspecified atom stereocenters. The van der Waals surface area contributed by atoms with E-state index in [1.807, 2.05) is 0 Å². The molecule has 0 heterocycles. The largest absolute Gasteiger partial charge is 0.472 e. The van der Waals surface area contributed by atoms with E-state index in [0.717, 1.165) is 108 Å². The third kappa shape index (κ3) is 64.1. The van der Waals surface area contributed by atoms with Gasteiger partial charge in [0.1, 0.15) is 19.3 Å². The minimum atomic E-state index is -4.95. The van der Waals surface area contributed by atoms with Gasteiger partial charge in [-0.05, 0) is 49.4 Å². The quantitative estimate of drug-likeness (QED) is 0.0222. The fourth-order valence-electron chi connectivity index (χ4n) is 11.0. The third-order valence-electron chi connectivity index (χ3n) is 17.5. The zero-order valence-corrected chi connectivity index (χ0v) is 62.0. The molecular formula is C73H142O17P2. The Morgan fingerprint density at radius 2 is 0.522 bits per heavy atom. The Labute approximate surface area is 562 Å². The maximum Gasteiger partial charge on any atom is 0.472 e. The predicted octanol–water partition coefficient (Wildman–Crippen LogP) is 20.9. The molecule has 0 amide bonds. The SMILES string of the molecule is CCC(C)CCCCCCCCCCCCCCCCCCCCC(=O)OC[C@H](COP(=O)(O)OC[C@@H](O)COP(=O)(O)OC[C@@H](COC(=O)CCCCCCCCC(C)C)OC(=O)CCCCCCCCC(C)C)OC(=O)CCCCCCCCCCC(C)CC. The molecule has 0 aromatic carbocycles. The maximum atomic E-state index is 13.0. The van der Waals surface area contributed by atoms with Gasteiger partial charge in [0.15, 0.2) is 12.2 Å². The molecule has 0 saturated heterocycles. The van der Waals surface area contributed by atoms with Gasteiger partial charge in [0.2, 0.25) is 0 Å². The summed E-state index contributed by atoms with van der Waals surface area (Å²) < 4.78 is 68.2. The summed E-state index contributed by atoms with van der Waals surface area (Å²) in [6, 6.07) is 0. The number of aliphatic hydroxyl groups excluding tert-OH is 1. The molecule has 92 heavy (non-hydrogen) atoms. The molecule has 0 aromatic rings. The van der Waals surface area contributed by atoms with Crippen molar-refractivity contribution in [3.05, 3.63) is 0 Å². The van der Waals surface area contributed by atoms with E-state index in [1.54, 1.807) is 0 Å². The number of rotatable bonds is 70. The molecule has 0 spiro atoms. The number of carbonyl (C=O) groups excluding carboxylic acids is 4. The molecule has 0 saturated carbocycles. The number of phosphoric ester groups is 2. The van der Waals surface area contributed by atoms with Crippen LogP contribution in [0.1, 0.15) is 364 Å². The Bertz CT molecular complexity index is 1820. The lowest BCUT2D eigenvalue weighted by Crippen LogP contribution is -2.30. The zero-order chi connectivity index (χ0) is 68.2. The van der Waals surface area contributed by atoms with E-state index in [1.165, 1.54) is 161 Å². The molecule has 3 N–H and O–H groups in total. The van der Waals surface area contributed by atoms with Gasteiger partial charge in [0, 0.05) is 25.7 Å². The van der Waals surface area contributed by atoms with E-state index in [9.17, 15) is 43.2 Å². The van der Waals surface area contributed by atoms with Gasteiger partial charge < -0.3 is 33.8 Å². The van der Waals surface area contributed by atoms with Gasteiger partial charge in [-0.1, -0.05) is 312 Å². The Hall–Kier alpha value is -1.94. The van der Waals surface area contributed by atoms with Crippen molar-refractivity contribution in [2.45, 2.75) is 382 Å². The van der Waals surface area contributed by atoms with Crippen molar-refractivity contribution < 1.29 is 80.2 Å². The minimum absolute atomic E-state index is 0.101.